The fraction of sp³-hybridized carbons (Fsp3) is 0.167. The molecule has 0 unspecified atom stereocenters. The number of aromatic nitrogens is 2. The number of hydrogen-bond acceptors (Lipinski definition) is 5. The van der Waals surface area contributed by atoms with Gasteiger partial charge in [-0.15, -0.1) is 5.10 Å². The van der Waals surface area contributed by atoms with Crippen LogP contribution < -0.4 is 4.31 Å². The van der Waals surface area contributed by atoms with Crippen molar-refractivity contribution in [2.75, 3.05) is 18.1 Å². The molecule has 0 spiro atoms. The van der Waals surface area contributed by atoms with Crippen LogP contribution in [-0.4, -0.2) is 32.5 Å². The Morgan fingerprint density at radius 1 is 1.16 bits per heavy atom. The highest BCUT2D eigenvalue weighted by Gasteiger charge is 2.25. The SMILES string of the molecule is COCN(c1cccnn1)S(=O)(=O)c1ccccc1. The van der Waals surface area contributed by atoms with Gasteiger partial charge in [-0.05, 0) is 24.3 Å². The van der Waals surface area contributed by atoms with Crippen molar-refractivity contribution in [3.05, 3.63) is 48.7 Å². The monoisotopic (exact) mass is 279 g/mol. The number of ether oxygens (including phenoxy) is 1. The molecule has 1 aromatic heterocycles. The first-order valence-corrected chi connectivity index (χ1v) is 6.94. The maximum atomic E-state index is 12.5. The second-order valence-electron chi connectivity index (χ2n) is 3.67. The van der Waals surface area contributed by atoms with Gasteiger partial charge in [-0.2, -0.15) is 5.10 Å². The Hall–Kier alpha value is -1.99. The number of sulfonamides is 1. The molecule has 6 nitrogen and oxygen atoms in total. The third kappa shape index (κ3) is 2.88. The zero-order valence-corrected chi connectivity index (χ0v) is 11.1. The molecule has 1 aromatic carbocycles. The predicted octanol–water partition coefficient (Wildman–Crippen LogP) is 1.28. The van der Waals surface area contributed by atoms with Crippen molar-refractivity contribution in [1.29, 1.82) is 0 Å². The Morgan fingerprint density at radius 2 is 1.89 bits per heavy atom. The first-order valence-electron chi connectivity index (χ1n) is 5.50. The van der Waals surface area contributed by atoms with Crippen LogP contribution in [0.3, 0.4) is 0 Å². The van der Waals surface area contributed by atoms with Crippen LogP contribution in [0.25, 0.3) is 0 Å². The second-order valence-corrected chi connectivity index (χ2v) is 5.53. The van der Waals surface area contributed by atoms with Gasteiger partial charge in [0.25, 0.3) is 10.0 Å². The second kappa shape index (κ2) is 5.77. The van der Waals surface area contributed by atoms with Gasteiger partial charge in [0.05, 0.1) is 4.90 Å². The smallest absolute Gasteiger partial charge is 0.267 e. The van der Waals surface area contributed by atoms with E-state index in [2.05, 4.69) is 10.2 Å². The van der Waals surface area contributed by atoms with E-state index in [4.69, 9.17) is 4.74 Å². The van der Waals surface area contributed by atoms with E-state index in [1.54, 1.807) is 30.3 Å². The van der Waals surface area contributed by atoms with E-state index < -0.39 is 10.0 Å². The summed E-state index contributed by atoms with van der Waals surface area (Å²) in [6, 6.07) is 11.3. The van der Waals surface area contributed by atoms with Crippen LogP contribution in [-0.2, 0) is 14.8 Å². The van der Waals surface area contributed by atoms with Crippen molar-refractivity contribution in [3.63, 3.8) is 0 Å². The molecule has 0 aliphatic heterocycles. The number of anilines is 1. The lowest BCUT2D eigenvalue weighted by Crippen LogP contribution is -2.33. The highest BCUT2D eigenvalue weighted by molar-refractivity contribution is 7.92. The summed E-state index contributed by atoms with van der Waals surface area (Å²) in [5, 5.41) is 7.49. The number of rotatable bonds is 5. The van der Waals surface area contributed by atoms with Crippen molar-refractivity contribution in [2.24, 2.45) is 0 Å². The molecular formula is C12H13N3O3S. The Balaban J connectivity index is 2.45. The van der Waals surface area contributed by atoms with E-state index in [1.807, 2.05) is 0 Å². The summed E-state index contributed by atoms with van der Waals surface area (Å²) in [4.78, 5) is 0.178. The maximum Gasteiger partial charge on any atom is 0.267 e. The normalized spacial score (nSPS) is 11.2. The van der Waals surface area contributed by atoms with Crippen LogP contribution in [0.5, 0.6) is 0 Å². The van der Waals surface area contributed by atoms with Gasteiger partial charge in [-0.1, -0.05) is 18.2 Å². The molecule has 0 bridgehead atoms. The predicted molar refractivity (Wildman–Crippen MR) is 70.0 cm³/mol. The minimum absolute atomic E-state index is 0.129. The van der Waals surface area contributed by atoms with E-state index in [1.165, 1.54) is 25.4 Å². The van der Waals surface area contributed by atoms with Gasteiger partial charge < -0.3 is 4.74 Å². The Kier molecular flexibility index (Phi) is 4.08. The maximum absolute atomic E-state index is 12.5. The molecule has 100 valence electrons. The lowest BCUT2D eigenvalue weighted by atomic mass is 10.4. The molecule has 0 aliphatic carbocycles. The minimum Gasteiger partial charge on any atom is -0.363 e. The summed E-state index contributed by atoms with van der Waals surface area (Å²) >= 11 is 0. The van der Waals surface area contributed by atoms with Crippen LogP contribution in [0.1, 0.15) is 0 Å². The van der Waals surface area contributed by atoms with E-state index in [9.17, 15) is 8.42 Å². The molecule has 0 fully saturated rings. The van der Waals surface area contributed by atoms with Crippen LogP contribution in [0, 0.1) is 0 Å². The quantitative estimate of drug-likeness (QED) is 0.771. The van der Waals surface area contributed by atoms with Gasteiger partial charge in [-0.3, -0.25) is 0 Å². The van der Waals surface area contributed by atoms with Gasteiger partial charge in [0.1, 0.15) is 6.73 Å². The lowest BCUT2D eigenvalue weighted by Gasteiger charge is -2.21. The molecule has 0 atom stereocenters. The summed E-state index contributed by atoms with van der Waals surface area (Å²) in [5.74, 6) is 0.216. The Labute approximate surface area is 111 Å². The summed E-state index contributed by atoms with van der Waals surface area (Å²) < 4.78 is 31.0. The summed E-state index contributed by atoms with van der Waals surface area (Å²) in [6.07, 6.45) is 1.48. The molecule has 0 amide bonds. The summed E-state index contributed by atoms with van der Waals surface area (Å²) in [5.41, 5.74) is 0. The van der Waals surface area contributed by atoms with Crippen molar-refractivity contribution < 1.29 is 13.2 Å². The topological polar surface area (TPSA) is 72.4 Å². The molecule has 2 rings (SSSR count). The van der Waals surface area contributed by atoms with Crippen molar-refractivity contribution in [2.45, 2.75) is 4.90 Å². The first-order chi connectivity index (χ1) is 9.16. The number of methoxy groups -OCH3 is 1. The van der Waals surface area contributed by atoms with E-state index in [0.29, 0.717) is 0 Å². The van der Waals surface area contributed by atoms with Gasteiger partial charge in [-0.25, -0.2) is 12.7 Å². The summed E-state index contributed by atoms with van der Waals surface area (Å²) in [6.45, 7) is -0.129. The number of hydrogen-bond donors (Lipinski definition) is 0. The zero-order chi connectivity index (χ0) is 13.7. The van der Waals surface area contributed by atoms with Gasteiger partial charge in [0.2, 0.25) is 0 Å². The van der Waals surface area contributed by atoms with Crippen molar-refractivity contribution in [1.82, 2.24) is 10.2 Å². The van der Waals surface area contributed by atoms with Crippen molar-refractivity contribution >= 4 is 15.8 Å². The highest BCUT2D eigenvalue weighted by atomic mass is 32.2. The Morgan fingerprint density at radius 3 is 2.47 bits per heavy atom. The fourth-order valence-electron chi connectivity index (χ4n) is 1.52. The fourth-order valence-corrected chi connectivity index (χ4v) is 2.87. The van der Waals surface area contributed by atoms with E-state index in [0.717, 1.165) is 4.31 Å². The molecule has 0 saturated heterocycles. The molecule has 2 aromatic rings. The molecular weight excluding hydrogens is 266 g/mol. The van der Waals surface area contributed by atoms with Crippen LogP contribution in [0.4, 0.5) is 5.82 Å². The standard InChI is InChI=1S/C12H13N3O3S/c1-18-10-15(12-8-5-9-13-14-12)19(16,17)11-6-3-2-4-7-11/h2-9H,10H2,1H3. The third-order valence-electron chi connectivity index (χ3n) is 2.39. The van der Waals surface area contributed by atoms with Crippen LogP contribution >= 0.6 is 0 Å². The lowest BCUT2D eigenvalue weighted by molar-refractivity contribution is 0.209. The molecule has 7 heteroatoms. The van der Waals surface area contributed by atoms with Gasteiger partial charge in [0, 0.05) is 13.3 Å². The third-order valence-corrected chi connectivity index (χ3v) is 4.13. The molecule has 1 heterocycles. The number of benzene rings is 1. The summed E-state index contributed by atoms with van der Waals surface area (Å²) in [7, 11) is -2.29. The molecule has 0 N–H and O–H groups in total. The zero-order valence-electron chi connectivity index (χ0n) is 10.3. The largest absolute Gasteiger partial charge is 0.363 e. The van der Waals surface area contributed by atoms with Crippen molar-refractivity contribution in [3.8, 4) is 0 Å². The van der Waals surface area contributed by atoms with Gasteiger partial charge >= 0.3 is 0 Å². The Bertz CT molecular complexity index is 617. The van der Waals surface area contributed by atoms with Crippen LogP contribution in [0.15, 0.2) is 53.6 Å². The van der Waals surface area contributed by atoms with E-state index in [-0.39, 0.29) is 17.4 Å². The average Bonchev–Trinajstić information content (AvgIpc) is 2.46. The molecule has 0 saturated carbocycles. The molecule has 19 heavy (non-hydrogen) atoms. The highest BCUT2D eigenvalue weighted by Crippen LogP contribution is 2.20. The van der Waals surface area contributed by atoms with Gasteiger partial charge in [0.15, 0.2) is 5.82 Å². The van der Waals surface area contributed by atoms with Crippen LogP contribution in [0.2, 0.25) is 0 Å². The van der Waals surface area contributed by atoms with E-state index >= 15 is 0 Å². The minimum atomic E-state index is -3.71. The molecule has 0 aliphatic rings. The molecule has 0 radical (unpaired) electrons. The first kappa shape index (κ1) is 13.4. The average molecular weight is 279 g/mol. The number of nitrogens with zero attached hydrogens (tertiary/aromatic N) is 3.